The Balaban J connectivity index is 1.95. The Morgan fingerprint density at radius 1 is 1.00 bits per heavy atom. The van der Waals surface area contributed by atoms with E-state index in [9.17, 15) is 4.79 Å². The number of benzene rings is 2. The Kier molecular flexibility index (Phi) is 5.43. The highest BCUT2D eigenvalue weighted by Crippen LogP contribution is 2.23. The van der Waals surface area contributed by atoms with Gasteiger partial charge in [-0.25, -0.2) is 0 Å². The van der Waals surface area contributed by atoms with E-state index in [-0.39, 0.29) is 12.5 Å². The summed E-state index contributed by atoms with van der Waals surface area (Å²) in [6.07, 6.45) is 0. The maximum Gasteiger partial charge on any atom is 0.260 e. The fraction of sp³-hybridized carbons (Fsp3) is 0.350. The van der Waals surface area contributed by atoms with E-state index < -0.39 is 0 Å². The molecule has 2 aromatic rings. The van der Waals surface area contributed by atoms with Gasteiger partial charge in [0.25, 0.3) is 5.91 Å². The summed E-state index contributed by atoms with van der Waals surface area (Å²) in [7, 11) is 1.81. The van der Waals surface area contributed by atoms with Crippen LogP contribution in [0.3, 0.4) is 0 Å². The van der Waals surface area contributed by atoms with E-state index in [1.807, 2.05) is 32.0 Å². The van der Waals surface area contributed by atoms with Gasteiger partial charge in [-0.2, -0.15) is 0 Å². The molecule has 0 radical (unpaired) electrons. The molecule has 0 N–H and O–H groups in total. The van der Waals surface area contributed by atoms with Crippen LogP contribution in [0.1, 0.15) is 27.8 Å². The summed E-state index contributed by atoms with van der Waals surface area (Å²) in [5.41, 5.74) is 5.75. The fourth-order valence-electron chi connectivity index (χ4n) is 2.46. The van der Waals surface area contributed by atoms with E-state index in [0.29, 0.717) is 6.54 Å². The van der Waals surface area contributed by atoms with Crippen molar-refractivity contribution in [1.29, 1.82) is 0 Å². The fourth-order valence-corrected chi connectivity index (χ4v) is 2.46. The van der Waals surface area contributed by atoms with Crippen LogP contribution in [0.4, 0.5) is 0 Å². The van der Waals surface area contributed by atoms with Gasteiger partial charge in [0, 0.05) is 13.6 Å². The number of hydrogen-bond donors (Lipinski definition) is 0. The second-order valence-electron chi connectivity index (χ2n) is 6.23. The number of carbonyl (C=O) groups is 1. The first kappa shape index (κ1) is 17.1. The summed E-state index contributed by atoms with van der Waals surface area (Å²) in [5.74, 6) is 0.767. The molecule has 0 fully saturated rings. The van der Waals surface area contributed by atoms with E-state index in [1.54, 1.807) is 11.9 Å². The Hall–Kier alpha value is -2.29. The highest BCUT2D eigenvalue weighted by molar-refractivity contribution is 5.77. The third kappa shape index (κ3) is 4.59. The molecule has 122 valence electrons. The molecule has 0 saturated heterocycles. The van der Waals surface area contributed by atoms with Crippen LogP contribution in [0.25, 0.3) is 0 Å². The van der Waals surface area contributed by atoms with Crippen molar-refractivity contribution in [2.75, 3.05) is 13.7 Å². The molecule has 0 atom stereocenters. The standard InChI is InChI=1S/C20H25NO2/c1-14-6-8-18(9-7-14)12-21(5)20(22)13-23-19-11-15(2)10-16(3)17(19)4/h6-11H,12-13H2,1-5H3. The number of hydrogen-bond acceptors (Lipinski definition) is 2. The van der Waals surface area contributed by atoms with E-state index in [2.05, 4.69) is 32.0 Å². The topological polar surface area (TPSA) is 29.5 Å². The van der Waals surface area contributed by atoms with Crippen LogP contribution in [0.5, 0.6) is 5.75 Å². The van der Waals surface area contributed by atoms with Gasteiger partial charge in [0.15, 0.2) is 6.61 Å². The van der Waals surface area contributed by atoms with Crippen LogP contribution >= 0.6 is 0 Å². The summed E-state index contributed by atoms with van der Waals surface area (Å²) < 4.78 is 5.75. The minimum absolute atomic E-state index is 0.0239. The summed E-state index contributed by atoms with van der Waals surface area (Å²) in [4.78, 5) is 14.0. The van der Waals surface area contributed by atoms with Crippen LogP contribution in [-0.4, -0.2) is 24.5 Å². The van der Waals surface area contributed by atoms with Crippen molar-refractivity contribution >= 4 is 5.91 Å². The molecule has 0 aliphatic carbocycles. The van der Waals surface area contributed by atoms with Crippen LogP contribution in [0.15, 0.2) is 36.4 Å². The monoisotopic (exact) mass is 311 g/mol. The lowest BCUT2D eigenvalue weighted by Gasteiger charge is -2.19. The van der Waals surface area contributed by atoms with Crippen molar-refractivity contribution in [3.05, 3.63) is 64.2 Å². The number of aryl methyl sites for hydroxylation is 3. The van der Waals surface area contributed by atoms with Crippen molar-refractivity contribution in [3.63, 3.8) is 0 Å². The highest BCUT2D eigenvalue weighted by Gasteiger charge is 2.12. The molecule has 1 amide bonds. The molecule has 0 spiro atoms. The second kappa shape index (κ2) is 7.32. The van der Waals surface area contributed by atoms with Gasteiger partial charge in [-0.05, 0) is 56.0 Å². The quantitative estimate of drug-likeness (QED) is 0.836. The van der Waals surface area contributed by atoms with Gasteiger partial charge in [-0.1, -0.05) is 35.9 Å². The number of carbonyl (C=O) groups excluding carboxylic acids is 1. The molecule has 0 saturated carbocycles. The lowest BCUT2D eigenvalue weighted by atomic mass is 10.1. The summed E-state index contributed by atoms with van der Waals surface area (Å²) >= 11 is 0. The van der Waals surface area contributed by atoms with Crippen LogP contribution in [0, 0.1) is 27.7 Å². The van der Waals surface area contributed by atoms with Gasteiger partial charge < -0.3 is 9.64 Å². The molecule has 0 aliphatic rings. The van der Waals surface area contributed by atoms with E-state index >= 15 is 0 Å². The van der Waals surface area contributed by atoms with E-state index in [4.69, 9.17) is 4.74 Å². The molecule has 0 heterocycles. The van der Waals surface area contributed by atoms with Gasteiger partial charge >= 0.3 is 0 Å². The molecule has 2 rings (SSSR count). The molecule has 0 aliphatic heterocycles. The Labute approximate surface area is 138 Å². The zero-order valence-corrected chi connectivity index (χ0v) is 14.6. The molecule has 0 aromatic heterocycles. The molecule has 3 nitrogen and oxygen atoms in total. The number of amides is 1. The molecule has 0 unspecified atom stereocenters. The third-order valence-electron chi connectivity index (χ3n) is 4.08. The maximum atomic E-state index is 12.3. The predicted molar refractivity (Wildman–Crippen MR) is 93.8 cm³/mol. The normalized spacial score (nSPS) is 10.5. The third-order valence-corrected chi connectivity index (χ3v) is 4.08. The highest BCUT2D eigenvalue weighted by atomic mass is 16.5. The maximum absolute atomic E-state index is 12.3. The minimum Gasteiger partial charge on any atom is -0.483 e. The molecule has 23 heavy (non-hydrogen) atoms. The molecule has 3 heteroatoms. The first-order valence-corrected chi connectivity index (χ1v) is 7.87. The first-order chi connectivity index (χ1) is 10.9. The zero-order valence-electron chi connectivity index (χ0n) is 14.6. The van der Waals surface area contributed by atoms with Crippen LogP contribution in [0.2, 0.25) is 0 Å². The van der Waals surface area contributed by atoms with Crippen LogP contribution in [-0.2, 0) is 11.3 Å². The van der Waals surface area contributed by atoms with Crippen molar-refractivity contribution in [2.45, 2.75) is 34.2 Å². The van der Waals surface area contributed by atoms with Crippen molar-refractivity contribution in [2.24, 2.45) is 0 Å². The first-order valence-electron chi connectivity index (χ1n) is 7.87. The predicted octanol–water partition coefficient (Wildman–Crippen LogP) is 3.96. The molecular weight excluding hydrogens is 286 g/mol. The minimum atomic E-state index is -0.0239. The Morgan fingerprint density at radius 3 is 2.30 bits per heavy atom. The zero-order chi connectivity index (χ0) is 17.0. The number of likely N-dealkylation sites (N-methyl/N-ethyl adjacent to an activating group) is 1. The van der Waals surface area contributed by atoms with Gasteiger partial charge in [0.1, 0.15) is 5.75 Å². The summed E-state index contributed by atoms with van der Waals surface area (Å²) in [6.45, 7) is 8.81. The number of rotatable bonds is 5. The smallest absolute Gasteiger partial charge is 0.260 e. The lowest BCUT2D eigenvalue weighted by Crippen LogP contribution is -2.31. The number of ether oxygens (including phenoxy) is 1. The Bertz CT molecular complexity index is 690. The van der Waals surface area contributed by atoms with Gasteiger partial charge in [-0.3, -0.25) is 4.79 Å². The van der Waals surface area contributed by atoms with Gasteiger partial charge in [-0.15, -0.1) is 0 Å². The average Bonchev–Trinajstić information content (AvgIpc) is 2.51. The molecular formula is C20H25NO2. The number of nitrogens with zero attached hydrogens (tertiary/aromatic N) is 1. The average molecular weight is 311 g/mol. The van der Waals surface area contributed by atoms with Gasteiger partial charge in [0.2, 0.25) is 0 Å². The van der Waals surface area contributed by atoms with E-state index in [0.717, 1.165) is 22.4 Å². The van der Waals surface area contributed by atoms with Crippen molar-refractivity contribution in [1.82, 2.24) is 4.90 Å². The van der Waals surface area contributed by atoms with E-state index in [1.165, 1.54) is 11.1 Å². The van der Waals surface area contributed by atoms with Crippen LogP contribution < -0.4 is 4.74 Å². The van der Waals surface area contributed by atoms with Crippen molar-refractivity contribution in [3.8, 4) is 5.75 Å². The van der Waals surface area contributed by atoms with Crippen molar-refractivity contribution < 1.29 is 9.53 Å². The second-order valence-corrected chi connectivity index (χ2v) is 6.23. The summed E-state index contributed by atoms with van der Waals surface area (Å²) in [6, 6.07) is 12.3. The van der Waals surface area contributed by atoms with Gasteiger partial charge in [0.05, 0.1) is 0 Å². The largest absolute Gasteiger partial charge is 0.483 e. The lowest BCUT2D eigenvalue weighted by molar-refractivity contribution is -0.132. The Morgan fingerprint density at radius 2 is 1.65 bits per heavy atom. The molecule has 0 bridgehead atoms. The molecule has 2 aromatic carbocycles. The SMILES string of the molecule is Cc1ccc(CN(C)C(=O)COc2cc(C)cc(C)c2C)cc1. The summed E-state index contributed by atoms with van der Waals surface area (Å²) in [5, 5.41) is 0.